The SMILES string of the molecule is CCCCOCc1cc(CNC)ccc1OC. The van der Waals surface area contributed by atoms with Crippen LogP contribution in [0, 0.1) is 0 Å². The van der Waals surface area contributed by atoms with Gasteiger partial charge in [0.1, 0.15) is 5.75 Å². The Bertz CT molecular complexity index is 326. The Balaban J connectivity index is 2.62. The van der Waals surface area contributed by atoms with Crippen LogP contribution in [0.2, 0.25) is 0 Å². The molecule has 3 heteroatoms. The third-order valence-corrected chi connectivity index (χ3v) is 2.63. The molecule has 0 aromatic heterocycles. The van der Waals surface area contributed by atoms with Crippen molar-refractivity contribution in [1.29, 1.82) is 0 Å². The summed E-state index contributed by atoms with van der Waals surface area (Å²) in [6.45, 7) is 4.47. The molecule has 17 heavy (non-hydrogen) atoms. The zero-order chi connectivity index (χ0) is 12.5. The summed E-state index contributed by atoms with van der Waals surface area (Å²) in [6.07, 6.45) is 2.27. The first-order valence-corrected chi connectivity index (χ1v) is 6.20. The van der Waals surface area contributed by atoms with E-state index in [0.29, 0.717) is 6.61 Å². The lowest BCUT2D eigenvalue weighted by atomic mass is 10.1. The first-order chi connectivity index (χ1) is 8.31. The number of rotatable bonds is 8. The van der Waals surface area contributed by atoms with Gasteiger partial charge in [-0.2, -0.15) is 0 Å². The monoisotopic (exact) mass is 237 g/mol. The van der Waals surface area contributed by atoms with E-state index >= 15 is 0 Å². The van der Waals surface area contributed by atoms with Gasteiger partial charge in [0, 0.05) is 18.7 Å². The van der Waals surface area contributed by atoms with Crippen LogP contribution < -0.4 is 10.1 Å². The average Bonchev–Trinajstić information content (AvgIpc) is 2.35. The summed E-state index contributed by atoms with van der Waals surface area (Å²) in [7, 11) is 3.64. The zero-order valence-electron chi connectivity index (χ0n) is 11.1. The Morgan fingerprint density at radius 3 is 2.76 bits per heavy atom. The van der Waals surface area contributed by atoms with Crippen LogP contribution in [-0.4, -0.2) is 20.8 Å². The lowest BCUT2D eigenvalue weighted by molar-refractivity contribution is 0.116. The minimum absolute atomic E-state index is 0.626. The second-order valence-electron chi connectivity index (χ2n) is 4.08. The fraction of sp³-hybridized carbons (Fsp3) is 0.571. The van der Waals surface area contributed by atoms with Crippen LogP contribution in [-0.2, 0) is 17.9 Å². The second kappa shape index (κ2) is 8.09. The molecule has 0 aliphatic carbocycles. The normalized spacial score (nSPS) is 10.5. The van der Waals surface area contributed by atoms with E-state index in [0.717, 1.165) is 37.3 Å². The summed E-state index contributed by atoms with van der Waals surface area (Å²) >= 11 is 0. The smallest absolute Gasteiger partial charge is 0.124 e. The molecule has 1 N–H and O–H groups in total. The van der Waals surface area contributed by atoms with Crippen molar-refractivity contribution in [3.8, 4) is 5.75 Å². The second-order valence-corrected chi connectivity index (χ2v) is 4.08. The molecule has 0 unspecified atom stereocenters. The topological polar surface area (TPSA) is 30.5 Å². The van der Waals surface area contributed by atoms with Gasteiger partial charge in [0.15, 0.2) is 0 Å². The third kappa shape index (κ3) is 4.75. The molecule has 0 spiro atoms. The van der Waals surface area contributed by atoms with E-state index in [4.69, 9.17) is 9.47 Å². The van der Waals surface area contributed by atoms with Crippen LogP contribution in [0.5, 0.6) is 5.75 Å². The summed E-state index contributed by atoms with van der Waals surface area (Å²) in [5.74, 6) is 0.904. The standard InChI is InChI=1S/C14H23NO2/c1-4-5-8-17-11-13-9-12(10-15-2)6-7-14(13)16-3/h6-7,9,15H,4-5,8,10-11H2,1-3H3. The quantitative estimate of drug-likeness (QED) is 0.705. The van der Waals surface area contributed by atoms with Crippen LogP contribution >= 0.6 is 0 Å². The molecule has 1 aromatic carbocycles. The summed E-state index contributed by atoms with van der Waals surface area (Å²) in [5.41, 5.74) is 2.37. The third-order valence-electron chi connectivity index (χ3n) is 2.63. The highest BCUT2D eigenvalue weighted by Crippen LogP contribution is 2.20. The van der Waals surface area contributed by atoms with Crippen LogP contribution in [0.3, 0.4) is 0 Å². The number of methoxy groups -OCH3 is 1. The molecular formula is C14H23NO2. The molecule has 0 atom stereocenters. The van der Waals surface area contributed by atoms with Crippen LogP contribution in [0.15, 0.2) is 18.2 Å². The molecule has 0 bridgehead atoms. The molecule has 3 nitrogen and oxygen atoms in total. The van der Waals surface area contributed by atoms with E-state index in [1.807, 2.05) is 13.1 Å². The minimum atomic E-state index is 0.626. The number of hydrogen-bond acceptors (Lipinski definition) is 3. The average molecular weight is 237 g/mol. The van der Waals surface area contributed by atoms with Crippen LogP contribution in [0.1, 0.15) is 30.9 Å². The number of ether oxygens (including phenoxy) is 2. The summed E-state index contributed by atoms with van der Waals surface area (Å²) in [6, 6.07) is 6.22. The van der Waals surface area contributed by atoms with Crippen molar-refractivity contribution in [3.05, 3.63) is 29.3 Å². The molecule has 0 aliphatic heterocycles. The van der Waals surface area contributed by atoms with Gasteiger partial charge in [-0.3, -0.25) is 0 Å². The summed E-state index contributed by atoms with van der Waals surface area (Å²) < 4.78 is 11.0. The van der Waals surface area contributed by atoms with Crippen molar-refractivity contribution in [2.45, 2.75) is 32.9 Å². The highest BCUT2D eigenvalue weighted by molar-refractivity contribution is 5.36. The number of hydrogen-bond donors (Lipinski definition) is 1. The van der Waals surface area contributed by atoms with Gasteiger partial charge in [-0.25, -0.2) is 0 Å². The largest absolute Gasteiger partial charge is 0.496 e. The molecule has 0 saturated carbocycles. The fourth-order valence-corrected chi connectivity index (χ4v) is 1.69. The van der Waals surface area contributed by atoms with Gasteiger partial charge in [0.25, 0.3) is 0 Å². The van der Waals surface area contributed by atoms with Gasteiger partial charge in [-0.1, -0.05) is 19.4 Å². The zero-order valence-corrected chi connectivity index (χ0v) is 11.1. The van der Waals surface area contributed by atoms with Crippen molar-refractivity contribution in [2.24, 2.45) is 0 Å². The first-order valence-electron chi connectivity index (χ1n) is 6.20. The minimum Gasteiger partial charge on any atom is -0.496 e. The fourth-order valence-electron chi connectivity index (χ4n) is 1.69. The Morgan fingerprint density at radius 2 is 2.12 bits per heavy atom. The van der Waals surface area contributed by atoms with Crippen molar-refractivity contribution in [1.82, 2.24) is 5.32 Å². The van der Waals surface area contributed by atoms with E-state index in [1.54, 1.807) is 7.11 Å². The predicted molar refractivity (Wildman–Crippen MR) is 70.3 cm³/mol. The van der Waals surface area contributed by atoms with E-state index < -0.39 is 0 Å². The molecule has 0 heterocycles. The molecule has 0 radical (unpaired) electrons. The lowest BCUT2D eigenvalue weighted by Crippen LogP contribution is -2.06. The molecular weight excluding hydrogens is 214 g/mol. The van der Waals surface area contributed by atoms with Gasteiger partial charge in [-0.15, -0.1) is 0 Å². The highest BCUT2D eigenvalue weighted by Gasteiger charge is 2.04. The van der Waals surface area contributed by atoms with Crippen molar-refractivity contribution in [2.75, 3.05) is 20.8 Å². The number of unbranched alkanes of at least 4 members (excludes halogenated alkanes) is 1. The van der Waals surface area contributed by atoms with E-state index in [2.05, 4.69) is 24.4 Å². The van der Waals surface area contributed by atoms with E-state index in [1.165, 1.54) is 5.56 Å². The molecule has 0 aliphatic rings. The number of benzene rings is 1. The van der Waals surface area contributed by atoms with E-state index in [9.17, 15) is 0 Å². The Hall–Kier alpha value is -1.06. The molecule has 1 rings (SSSR count). The van der Waals surface area contributed by atoms with Gasteiger partial charge in [0.2, 0.25) is 0 Å². The van der Waals surface area contributed by atoms with Crippen LogP contribution in [0.25, 0.3) is 0 Å². The maximum absolute atomic E-state index is 5.64. The molecule has 0 saturated heterocycles. The van der Waals surface area contributed by atoms with Gasteiger partial charge >= 0.3 is 0 Å². The summed E-state index contributed by atoms with van der Waals surface area (Å²) in [5, 5.41) is 3.14. The lowest BCUT2D eigenvalue weighted by Gasteiger charge is -2.11. The molecule has 0 fully saturated rings. The van der Waals surface area contributed by atoms with Crippen molar-refractivity contribution >= 4 is 0 Å². The van der Waals surface area contributed by atoms with Crippen molar-refractivity contribution < 1.29 is 9.47 Å². The van der Waals surface area contributed by atoms with Crippen molar-refractivity contribution in [3.63, 3.8) is 0 Å². The highest BCUT2D eigenvalue weighted by atomic mass is 16.5. The Kier molecular flexibility index (Phi) is 6.67. The Labute approximate surface area is 104 Å². The maximum Gasteiger partial charge on any atom is 0.124 e. The van der Waals surface area contributed by atoms with Gasteiger partial charge in [-0.05, 0) is 31.2 Å². The maximum atomic E-state index is 5.64. The number of nitrogens with one attached hydrogen (secondary N) is 1. The molecule has 1 aromatic rings. The summed E-state index contributed by atoms with van der Waals surface area (Å²) in [4.78, 5) is 0. The Morgan fingerprint density at radius 1 is 1.29 bits per heavy atom. The molecule has 0 amide bonds. The predicted octanol–water partition coefficient (Wildman–Crippen LogP) is 2.73. The van der Waals surface area contributed by atoms with Gasteiger partial charge < -0.3 is 14.8 Å². The van der Waals surface area contributed by atoms with E-state index in [-0.39, 0.29) is 0 Å². The molecule has 96 valence electrons. The van der Waals surface area contributed by atoms with Gasteiger partial charge in [0.05, 0.1) is 13.7 Å². The van der Waals surface area contributed by atoms with Crippen LogP contribution in [0.4, 0.5) is 0 Å². The first kappa shape index (κ1) is 14.0.